The van der Waals surface area contributed by atoms with E-state index in [1.165, 1.54) is 4.74 Å². The number of hydrogen-bond acceptors (Lipinski definition) is 3. The standard InChI is InChI=1S/C9H3F13O3/c1-2-3(23)24-8(19,20)4(10,11)5(12,6(13,14)15)25-9(21,22)7(16,17)18/h2H,1H2. The van der Waals surface area contributed by atoms with Gasteiger partial charge in [0.1, 0.15) is 0 Å². The van der Waals surface area contributed by atoms with E-state index < -0.39 is 42.3 Å². The first kappa shape index (κ1) is 23.3. The highest BCUT2D eigenvalue weighted by Crippen LogP contribution is 2.56. The molecule has 0 N–H and O–H groups in total. The second-order valence-electron chi connectivity index (χ2n) is 3.93. The molecule has 0 radical (unpaired) electrons. The van der Waals surface area contributed by atoms with Crippen molar-refractivity contribution in [2.45, 2.75) is 36.3 Å². The number of halogens is 13. The molecule has 1 atom stereocenters. The van der Waals surface area contributed by atoms with Crippen LogP contribution in [0.5, 0.6) is 0 Å². The Kier molecular flexibility index (Phi) is 5.78. The van der Waals surface area contributed by atoms with E-state index in [2.05, 4.69) is 11.3 Å². The van der Waals surface area contributed by atoms with Crippen LogP contribution in [-0.4, -0.2) is 42.3 Å². The van der Waals surface area contributed by atoms with Crippen molar-refractivity contribution in [3.8, 4) is 0 Å². The van der Waals surface area contributed by atoms with Gasteiger partial charge in [0, 0.05) is 6.08 Å². The summed E-state index contributed by atoms with van der Waals surface area (Å²) in [5, 5.41) is 0. The summed E-state index contributed by atoms with van der Waals surface area (Å²) in [7, 11) is 0. The number of hydrogen-bond donors (Lipinski definition) is 0. The van der Waals surface area contributed by atoms with Crippen molar-refractivity contribution in [2.24, 2.45) is 0 Å². The van der Waals surface area contributed by atoms with E-state index in [1.54, 1.807) is 0 Å². The van der Waals surface area contributed by atoms with Gasteiger partial charge in [-0.3, -0.25) is 4.74 Å². The molecular weight excluding hydrogens is 403 g/mol. The summed E-state index contributed by atoms with van der Waals surface area (Å²) in [6.45, 7) is 2.36. The van der Waals surface area contributed by atoms with Crippen molar-refractivity contribution >= 4 is 5.97 Å². The Morgan fingerprint density at radius 3 is 1.40 bits per heavy atom. The molecule has 0 aromatic rings. The first-order valence-electron chi connectivity index (χ1n) is 5.17. The van der Waals surface area contributed by atoms with Crippen LogP contribution in [0.3, 0.4) is 0 Å². The van der Waals surface area contributed by atoms with Crippen molar-refractivity contribution in [3.05, 3.63) is 12.7 Å². The summed E-state index contributed by atoms with van der Waals surface area (Å²) in [5.41, 5.74) is 0. The zero-order chi connectivity index (χ0) is 20.7. The van der Waals surface area contributed by atoms with Crippen LogP contribution in [0, 0.1) is 0 Å². The number of rotatable bonds is 6. The highest BCUT2D eigenvalue weighted by Gasteiger charge is 2.87. The van der Waals surface area contributed by atoms with Crippen LogP contribution in [0.2, 0.25) is 0 Å². The van der Waals surface area contributed by atoms with Crippen LogP contribution >= 0.6 is 0 Å². The molecule has 0 aliphatic carbocycles. The van der Waals surface area contributed by atoms with Crippen molar-refractivity contribution in [2.75, 3.05) is 0 Å². The molecule has 0 aromatic heterocycles. The van der Waals surface area contributed by atoms with E-state index in [9.17, 15) is 61.9 Å². The summed E-state index contributed by atoms with van der Waals surface area (Å²) in [4.78, 5) is 10.4. The molecule has 0 spiro atoms. The summed E-state index contributed by atoms with van der Waals surface area (Å²) >= 11 is 0. The quantitative estimate of drug-likeness (QED) is 0.374. The van der Waals surface area contributed by atoms with E-state index in [-0.39, 0.29) is 6.08 Å². The molecule has 0 saturated heterocycles. The van der Waals surface area contributed by atoms with E-state index in [0.717, 1.165) is 0 Å². The van der Waals surface area contributed by atoms with Crippen LogP contribution in [0.1, 0.15) is 0 Å². The van der Waals surface area contributed by atoms with Crippen molar-refractivity contribution < 1.29 is 71.3 Å². The summed E-state index contributed by atoms with van der Waals surface area (Å²) in [6.07, 6.45) is -29.2. The molecule has 25 heavy (non-hydrogen) atoms. The predicted octanol–water partition coefficient (Wildman–Crippen LogP) is 4.34. The highest BCUT2D eigenvalue weighted by molar-refractivity contribution is 5.81. The largest absolute Gasteiger partial charge is 0.483 e. The summed E-state index contributed by atoms with van der Waals surface area (Å²) in [6, 6.07) is 0. The topological polar surface area (TPSA) is 35.5 Å². The molecule has 0 heterocycles. The predicted molar refractivity (Wildman–Crippen MR) is 48.2 cm³/mol. The summed E-state index contributed by atoms with van der Waals surface area (Å²) in [5.74, 6) is -17.8. The molecule has 0 aliphatic rings. The fourth-order valence-corrected chi connectivity index (χ4v) is 0.954. The van der Waals surface area contributed by atoms with Crippen LogP contribution in [-0.2, 0) is 14.3 Å². The number of alkyl halides is 13. The molecule has 1 unspecified atom stereocenters. The third-order valence-corrected chi connectivity index (χ3v) is 2.13. The molecule has 0 saturated carbocycles. The Hall–Kier alpha value is -1.74. The second-order valence-corrected chi connectivity index (χ2v) is 3.93. The molecule has 0 rings (SSSR count). The lowest BCUT2D eigenvalue weighted by Crippen LogP contribution is -2.68. The van der Waals surface area contributed by atoms with Crippen LogP contribution < -0.4 is 0 Å². The minimum atomic E-state index is -7.62. The van der Waals surface area contributed by atoms with E-state index >= 15 is 0 Å². The minimum Gasteiger partial charge on any atom is -0.393 e. The lowest BCUT2D eigenvalue weighted by Gasteiger charge is -2.38. The lowest BCUT2D eigenvalue weighted by molar-refractivity contribution is -0.526. The fraction of sp³-hybridized carbons (Fsp3) is 0.667. The van der Waals surface area contributed by atoms with Gasteiger partial charge in [0.15, 0.2) is 0 Å². The molecule has 0 fully saturated rings. The third-order valence-electron chi connectivity index (χ3n) is 2.13. The maximum Gasteiger partial charge on any atom is 0.483 e. The van der Waals surface area contributed by atoms with Crippen LogP contribution in [0.25, 0.3) is 0 Å². The number of esters is 1. The molecule has 148 valence electrons. The Morgan fingerprint density at radius 1 is 0.720 bits per heavy atom. The van der Waals surface area contributed by atoms with Gasteiger partial charge in [0.2, 0.25) is 0 Å². The minimum absolute atomic E-state index is 0.331. The van der Waals surface area contributed by atoms with Gasteiger partial charge < -0.3 is 4.74 Å². The van der Waals surface area contributed by atoms with Crippen molar-refractivity contribution in [3.63, 3.8) is 0 Å². The maximum absolute atomic E-state index is 13.4. The van der Waals surface area contributed by atoms with Gasteiger partial charge in [-0.25, -0.2) is 4.79 Å². The Bertz CT molecular complexity index is 520. The normalized spacial score (nSPS) is 17.0. The van der Waals surface area contributed by atoms with Gasteiger partial charge in [-0.2, -0.15) is 57.1 Å². The van der Waals surface area contributed by atoms with Gasteiger partial charge in [-0.05, 0) is 0 Å². The SMILES string of the molecule is C=CC(=O)OC(F)(F)C(F)(F)C(F)(OC(F)(F)C(F)(F)F)C(F)(F)F. The average molecular weight is 406 g/mol. The molecule has 16 heteroatoms. The molecule has 0 aliphatic heterocycles. The lowest BCUT2D eigenvalue weighted by atomic mass is 10.1. The van der Waals surface area contributed by atoms with Crippen LogP contribution in [0.4, 0.5) is 57.1 Å². The first-order valence-corrected chi connectivity index (χ1v) is 5.17. The Balaban J connectivity index is 6.28. The molecule has 0 amide bonds. The Labute approximate surface area is 128 Å². The molecule has 3 nitrogen and oxygen atoms in total. The van der Waals surface area contributed by atoms with E-state index in [4.69, 9.17) is 0 Å². The maximum atomic E-state index is 13.4. The molecule has 0 aromatic carbocycles. The first-order chi connectivity index (χ1) is 10.7. The van der Waals surface area contributed by atoms with Gasteiger partial charge in [-0.15, -0.1) is 0 Å². The highest BCUT2D eigenvalue weighted by atomic mass is 19.4. The van der Waals surface area contributed by atoms with Gasteiger partial charge >= 0.3 is 42.3 Å². The van der Waals surface area contributed by atoms with Gasteiger partial charge in [0.25, 0.3) is 0 Å². The van der Waals surface area contributed by atoms with E-state index in [0.29, 0.717) is 0 Å². The van der Waals surface area contributed by atoms with Gasteiger partial charge in [-0.1, -0.05) is 6.58 Å². The average Bonchev–Trinajstić information content (AvgIpc) is 2.34. The zero-order valence-corrected chi connectivity index (χ0v) is 10.9. The fourth-order valence-electron chi connectivity index (χ4n) is 0.954. The monoisotopic (exact) mass is 406 g/mol. The molecular formula is C9H3F13O3. The number of carbonyl (C=O) groups is 1. The second kappa shape index (κ2) is 6.21. The van der Waals surface area contributed by atoms with Crippen molar-refractivity contribution in [1.29, 1.82) is 0 Å². The van der Waals surface area contributed by atoms with Crippen LogP contribution in [0.15, 0.2) is 12.7 Å². The van der Waals surface area contributed by atoms with Gasteiger partial charge in [0.05, 0.1) is 0 Å². The third kappa shape index (κ3) is 4.09. The smallest absolute Gasteiger partial charge is 0.393 e. The number of carbonyl (C=O) groups excluding carboxylic acids is 1. The Morgan fingerprint density at radius 2 is 1.12 bits per heavy atom. The van der Waals surface area contributed by atoms with E-state index in [1.807, 2.05) is 0 Å². The molecule has 0 bridgehead atoms. The zero-order valence-electron chi connectivity index (χ0n) is 10.9. The van der Waals surface area contributed by atoms with Crippen molar-refractivity contribution in [1.82, 2.24) is 0 Å². The number of ether oxygens (including phenoxy) is 2. The summed E-state index contributed by atoms with van der Waals surface area (Å²) < 4.78 is 166.